The second kappa shape index (κ2) is 5.04. The minimum absolute atomic E-state index is 0.0892. The quantitative estimate of drug-likeness (QED) is 0.820. The van der Waals surface area contributed by atoms with Gasteiger partial charge >= 0.3 is 0 Å². The van der Waals surface area contributed by atoms with Crippen LogP contribution in [0.25, 0.3) is 0 Å². The number of rotatable bonds is 5. The Kier molecular flexibility index (Phi) is 3.81. The Morgan fingerprint density at radius 1 is 1.33 bits per heavy atom. The van der Waals surface area contributed by atoms with Crippen LogP contribution in [0.5, 0.6) is 0 Å². The summed E-state index contributed by atoms with van der Waals surface area (Å²) in [6, 6.07) is 0. The summed E-state index contributed by atoms with van der Waals surface area (Å²) in [4.78, 5) is 8.94. The molecular formula is C14H22ClN3. The van der Waals surface area contributed by atoms with E-state index in [0.29, 0.717) is 5.15 Å². The average Bonchev–Trinajstić information content (AvgIpc) is 3.09. The molecule has 1 aliphatic carbocycles. The highest BCUT2D eigenvalue weighted by molar-refractivity contribution is 6.30. The summed E-state index contributed by atoms with van der Waals surface area (Å²) < 4.78 is 0. The smallest absolute Gasteiger partial charge is 0.137 e. The molecule has 0 aliphatic heterocycles. The van der Waals surface area contributed by atoms with Gasteiger partial charge in [0, 0.05) is 17.5 Å². The van der Waals surface area contributed by atoms with Crippen molar-refractivity contribution in [2.24, 2.45) is 5.92 Å². The zero-order valence-electron chi connectivity index (χ0n) is 11.7. The van der Waals surface area contributed by atoms with Crippen LogP contribution in [-0.2, 0) is 6.42 Å². The third-order valence-corrected chi connectivity index (χ3v) is 4.01. The van der Waals surface area contributed by atoms with Gasteiger partial charge in [0.2, 0.25) is 0 Å². The number of hydrogen-bond donors (Lipinski definition) is 1. The van der Waals surface area contributed by atoms with Gasteiger partial charge in [-0.25, -0.2) is 9.97 Å². The Morgan fingerprint density at radius 2 is 2.00 bits per heavy atom. The first-order valence-electron chi connectivity index (χ1n) is 6.75. The van der Waals surface area contributed by atoms with Crippen LogP contribution in [0.3, 0.4) is 0 Å². The second-order valence-electron chi connectivity index (χ2n) is 5.78. The number of hydrogen-bond acceptors (Lipinski definition) is 3. The predicted octanol–water partition coefficient (Wildman–Crippen LogP) is 3.99. The van der Waals surface area contributed by atoms with Crippen LogP contribution in [0.4, 0.5) is 5.82 Å². The lowest BCUT2D eigenvalue weighted by Crippen LogP contribution is -2.34. The molecule has 1 N–H and O–H groups in total. The lowest BCUT2D eigenvalue weighted by atomic mass is 9.98. The second-order valence-corrected chi connectivity index (χ2v) is 6.13. The maximum atomic E-state index is 6.19. The summed E-state index contributed by atoms with van der Waals surface area (Å²) in [5.41, 5.74) is 1.04. The first-order valence-corrected chi connectivity index (χ1v) is 7.13. The fourth-order valence-electron chi connectivity index (χ4n) is 2.20. The average molecular weight is 268 g/mol. The van der Waals surface area contributed by atoms with Crippen molar-refractivity contribution in [1.29, 1.82) is 0 Å². The summed E-state index contributed by atoms with van der Waals surface area (Å²) >= 11 is 6.19. The van der Waals surface area contributed by atoms with E-state index in [-0.39, 0.29) is 5.54 Å². The summed E-state index contributed by atoms with van der Waals surface area (Å²) in [6.45, 7) is 8.57. The Hall–Kier alpha value is -0.830. The molecule has 1 heterocycles. The van der Waals surface area contributed by atoms with Crippen molar-refractivity contribution < 1.29 is 0 Å². The molecule has 0 saturated heterocycles. The maximum absolute atomic E-state index is 6.19. The Balaban J connectivity index is 2.25. The fraction of sp³-hybridized carbons (Fsp3) is 0.714. The Labute approximate surface area is 114 Å². The van der Waals surface area contributed by atoms with Crippen molar-refractivity contribution in [3.8, 4) is 0 Å². The Bertz CT molecular complexity index is 439. The van der Waals surface area contributed by atoms with E-state index >= 15 is 0 Å². The number of aryl methyl sites for hydroxylation is 1. The number of nitrogens with one attached hydrogen (secondary N) is 1. The topological polar surface area (TPSA) is 37.8 Å². The van der Waals surface area contributed by atoms with Crippen molar-refractivity contribution >= 4 is 17.4 Å². The molecule has 1 fully saturated rings. The normalized spacial score (nSPS) is 15.8. The summed E-state index contributed by atoms with van der Waals surface area (Å²) in [6.07, 6.45) is 4.52. The van der Waals surface area contributed by atoms with E-state index in [4.69, 9.17) is 11.6 Å². The number of anilines is 1. The van der Waals surface area contributed by atoms with Gasteiger partial charge in [0.25, 0.3) is 0 Å². The third-order valence-electron chi connectivity index (χ3n) is 3.64. The molecular weight excluding hydrogens is 246 g/mol. The minimum Gasteiger partial charge on any atom is -0.365 e. The highest BCUT2D eigenvalue weighted by Crippen LogP contribution is 2.41. The monoisotopic (exact) mass is 267 g/mol. The van der Waals surface area contributed by atoms with Crippen molar-refractivity contribution in [1.82, 2.24) is 9.97 Å². The van der Waals surface area contributed by atoms with E-state index in [9.17, 15) is 0 Å². The molecule has 1 aromatic heterocycles. The van der Waals surface area contributed by atoms with E-state index < -0.39 is 0 Å². The number of halogens is 1. The van der Waals surface area contributed by atoms with Gasteiger partial charge in [-0.1, -0.05) is 18.5 Å². The van der Waals surface area contributed by atoms with Crippen LogP contribution in [0.15, 0.2) is 0 Å². The molecule has 18 heavy (non-hydrogen) atoms. The van der Waals surface area contributed by atoms with Gasteiger partial charge in [-0.05, 0) is 46.0 Å². The highest BCUT2D eigenvalue weighted by atomic mass is 35.5. The van der Waals surface area contributed by atoms with Crippen LogP contribution in [0.1, 0.15) is 51.4 Å². The van der Waals surface area contributed by atoms with Crippen molar-refractivity contribution in [3.63, 3.8) is 0 Å². The lowest BCUT2D eigenvalue weighted by molar-refractivity contribution is 0.491. The van der Waals surface area contributed by atoms with Crippen molar-refractivity contribution in [2.75, 3.05) is 5.32 Å². The zero-order chi connectivity index (χ0) is 13.3. The number of nitrogens with zero attached hydrogens (tertiary/aromatic N) is 2. The van der Waals surface area contributed by atoms with E-state index in [1.165, 1.54) is 12.8 Å². The SMILES string of the molecule is CCCc1nc(Cl)c(C)c(NC(C)(C)C2CC2)n1. The summed E-state index contributed by atoms with van der Waals surface area (Å²) in [5, 5.41) is 4.12. The summed E-state index contributed by atoms with van der Waals surface area (Å²) in [5.74, 6) is 2.48. The van der Waals surface area contributed by atoms with Gasteiger partial charge < -0.3 is 5.32 Å². The van der Waals surface area contributed by atoms with Crippen molar-refractivity contribution in [2.45, 2.75) is 58.9 Å². The molecule has 1 aliphatic rings. The maximum Gasteiger partial charge on any atom is 0.137 e. The lowest BCUT2D eigenvalue weighted by Gasteiger charge is -2.28. The van der Waals surface area contributed by atoms with Gasteiger partial charge in [-0.15, -0.1) is 0 Å². The Morgan fingerprint density at radius 3 is 2.56 bits per heavy atom. The molecule has 100 valence electrons. The molecule has 3 nitrogen and oxygen atoms in total. The van der Waals surface area contributed by atoms with Gasteiger partial charge in [0.15, 0.2) is 0 Å². The predicted molar refractivity (Wildman–Crippen MR) is 76.2 cm³/mol. The van der Waals surface area contributed by atoms with Gasteiger partial charge in [-0.3, -0.25) is 0 Å². The van der Waals surface area contributed by atoms with E-state index in [1.807, 2.05) is 6.92 Å². The zero-order valence-corrected chi connectivity index (χ0v) is 12.4. The van der Waals surface area contributed by atoms with Crippen LogP contribution >= 0.6 is 11.6 Å². The molecule has 1 saturated carbocycles. The van der Waals surface area contributed by atoms with Crippen LogP contribution < -0.4 is 5.32 Å². The molecule has 1 aromatic rings. The van der Waals surface area contributed by atoms with E-state index in [0.717, 1.165) is 36.0 Å². The highest BCUT2D eigenvalue weighted by Gasteiger charge is 2.38. The molecule has 0 unspecified atom stereocenters. The molecule has 0 atom stereocenters. The van der Waals surface area contributed by atoms with Crippen LogP contribution in [-0.4, -0.2) is 15.5 Å². The standard InChI is InChI=1S/C14H22ClN3/c1-5-6-11-16-12(15)9(2)13(17-11)18-14(3,4)10-7-8-10/h10H,5-8H2,1-4H3,(H,16,17,18). The van der Waals surface area contributed by atoms with Gasteiger partial charge in [-0.2, -0.15) is 0 Å². The first-order chi connectivity index (χ1) is 8.44. The van der Waals surface area contributed by atoms with Gasteiger partial charge in [0.05, 0.1) is 0 Å². The first kappa shape index (κ1) is 13.6. The van der Waals surface area contributed by atoms with E-state index in [1.54, 1.807) is 0 Å². The molecule has 0 radical (unpaired) electrons. The molecule has 4 heteroatoms. The third kappa shape index (κ3) is 2.94. The van der Waals surface area contributed by atoms with Crippen LogP contribution in [0, 0.1) is 12.8 Å². The molecule has 0 amide bonds. The molecule has 2 rings (SSSR count). The van der Waals surface area contributed by atoms with Crippen LogP contribution in [0.2, 0.25) is 5.15 Å². The van der Waals surface area contributed by atoms with Gasteiger partial charge in [0.1, 0.15) is 16.8 Å². The molecule has 0 bridgehead atoms. The molecule has 0 aromatic carbocycles. The van der Waals surface area contributed by atoms with Crippen molar-refractivity contribution in [3.05, 3.63) is 16.5 Å². The molecule has 0 spiro atoms. The minimum atomic E-state index is 0.0892. The summed E-state index contributed by atoms with van der Waals surface area (Å²) in [7, 11) is 0. The van der Waals surface area contributed by atoms with E-state index in [2.05, 4.69) is 36.1 Å². The largest absolute Gasteiger partial charge is 0.365 e. The fourth-order valence-corrected chi connectivity index (χ4v) is 2.39. The number of aromatic nitrogens is 2.